The zero-order valence-electron chi connectivity index (χ0n) is 18.6. The number of rotatable bonds is 3. The van der Waals surface area contributed by atoms with E-state index >= 15 is 0 Å². The Kier molecular flexibility index (Phi) is 4.94. The van der Waals surface area contributed by atoms with E-state index in [0.29, 0.717) is 17.2 Å². The first-order valence-corrected chi connectivity index (χ1v) is 12.0. The number of piperidine rings is 1. The molecule has 6 rings (SSSR count). The van der Waals surface area contributed by atoms with Gasteiger partial charge in [-0.15, -0.1) is 0 Å². The summed E-state index contributed by atoms with van der Waals surface area (Å²) in [6, 6.07) is 15.7. The number of nitrogens with zero attached hydrogens (tertiary/aromatic N) is 3. The number of benzene rings is 2. The van der Waals surface area contributed by atoms with E-state index in [4.69, 9.17) is 0 Å². The molecule has 2 amide bonds. The zero-order valence-corrected chi connectivity index (χ0v) is 18.6. The highest BCUT2D eigenvalue weighted by Crippen LogP contribution is 2.34. The second kappa shape index (κ2) is 7.99. The lowest BCUT2D eigenvalue weighted by Gasteiger charge is -2.42. The molecule has 7 nitrogen and oxygen atoms in total. The molecule has 0 radical (unpaired) electrons. The van der Waals surface area contributed by atoms with Gasteiger partial charge in [-0.2, -0.15) is 0 Å². The summed E-state index contributed by atoms with van der Waals surface area (Å²) in [4.78, 5) is 45.2. The van der Waals surface area contributed by atoms with Crippen LogP contribution in [0.5, 0.6) is 0 Å². The third kappa shape index (κ3) is 3.33. The van der Waals surface area contributed by atoms with Gasteiger partial charge < -0.3 is 9.88 Å². The number of hydrogen-bond acceptors (Lipinski definition) is 4. The van der Waals surface area contributed by atoms with Gasteiger partial charge in [0.2, 0.25) is 0 Å². The number of carbonyl (C=O) groups is 2. The molecular formula is C26H28N4O3. The maximum absolute atomic E-state index is 12.8. The van der Waals surface area contributed by atoms with Gasteiger partial charge in [-0.1, -0.05) is 24.3 Å². The number of aromatic amines is 1. The molecule has 1 aromatic heterocycles. The minimum absolute atomic E-state index is 0.00372. The van der Waals surface area contributed by atoms with Crippen molar-refractivity contribution >= 4 is 22.8 Å². The van der Waals surface area contributed by atoms with Crippen molar-refractivity contribution in [2.24, 2.45) is 0 Å². The van der Waals surface area contributed by atoms with Crippen molar-refractivity contribution in [3.8, 4) is 0 Å². The molecule has 3 aromatic rings. The molecule has 1 N–H and O–H groups in total. The minimum atomic E-state index is -0.135. The van der Waals surface area contributed by atoms with Crippen LogP contribution in [-0.2, 0) is 0 Å². The molecule has 33 heavy (non-hydrogen) atoms. The quantitative estimate of drug-likeness (QED) is 0.627. The maximum atomic E-state index is 12.8. The second-order valence-electron chi connectivity index (χ2n) is 9.57. The molecular weight excluding hydrogens is 416 g/mol. The van der Waals surface area contributed by atoms with E-state index in [1.807, 2.05) is 41.0 Å². The first-order valence-electron chi connectivity index (χ1n) is 12.0. The molecule has 1 saturated heterocycles. The highest BCUT2D eigenvalue weighted by atomic mass is 16.2. The average molecular weight is 445 g/mol. The topological polar surface area (TPSA) is 78.4 Å². The number of hydrogen-bond donors (Lipinski definition) is 1. The van der Waals surface area contributed by atoms with Gasteiger partial charge in [0.1, 0.15) is 0 Å². The molecule has 0 unspecified atom stereocenters. The first-order chi connectivity index (χ1) is 16.1. The molecule has 2 aliphatic heterocycles. The number of para-hydroxylation sites is 2. The van der Waals surface area contributed by atoms with Crippen molar-refractivity contribution in [1.82, 2.24) is 19.4 Å². The van der Waals surface area contributed by atoms with Crippen LogP contribution in [0.25, 0.3) is 11.0 Å². The van der Waals surface area contributed by atoms with Crippen molar-refractivity contribution in [1.29, 1.82) is 0 Å². The number of amides is 2. The predicted molar refractivity (Wildman–Crippen MR) is 125 cm³/mol. The highest BCUT2D eigenvalue weighted by molar-refractivity contribution is 6.21. The van der Waals surface area contributed by atoms with Gasteiger partial charge in [-0.25, -0.2) is 4.79 Å². The number of H-pyrrole nitrogens is 1. The van der Waals surface area contributed by atoms with Crippen molar-refractivity contribution in [3.05, 3.63) is 70.1 Å². The van der Waals surface area contributed by atoms with Crippen LogP contribution in [0.4, 0.5) is 0 Å². The summed E-state index contributed by atoms with van der Waals surface area (Å²) in [5.74, 6) is -0.270. The number of imidazole rings is 1. The largest absolute Gasteiger partial charge is 0.326 e. The van der Waals surface area contributed by atoms with E-state index in [1.54, 1.807) is 12.1 Å². The van der Waals surface area contributed by atoms with Crippen molar-refractivity contribution in [2.45, 2.75) is 56.7 Å². The summed E-state index contributed by atoms with van der Waals surface area (Å²) in [5, 5.41) is 0. The second-order valence-corrected chi connectivity index (χ2v) is 9.57. The Morgan fingerprint density at radius 3 is 1.91 bits per heavy atom. The standard InChI is InChI=1S/C26H28N4O3/c31-24-20-5-1-2-6-21(20)25(32)30(24)18-11-9-17(10-12-18)28-15-13-19(14-16-28)29-23-8-4-3-7-22(23)27-26(29)33/h1-8,17-19H,9-16H2,(H,27,33). The molecule has 0 atom stereocenters. The number of nitrogens with one attached hydrogen (secondary N) is 1. The predicted octanol–water partition coefficient (Wildman–Crippen LogP) is 3.57. The lowest BCUT2D eigenvalue weighted by Crippen LogP contribution is -2.48. The Labute approximate surface area is 192 Å². The number of carbonyl (C=O) groups excluding carboxylic acids is 2. The smallest absolute Gasteiger partial charge is 0.306 e. The fraction of sp³-hybridized carbons (Fsp3) is 0.423. The van der Waals surface area contributed by atoms with E-state index in [9.17, 15) is 14.4 Å². The molecule has 170 valence electrons. The number of fused-ring (bicyclic) bond motifs is 2. The average Bonchev–Trinajstić information content (AvgIpc) is 3.32. The van der Waals surface area contributed by atoms with Gasteiger partial charge in [0, 0.05) is 31.2 Å². The van der Waals surface area contributed by atoms with Crippen LogP contribution < -0.4 is 5.69 Å². The van der Waals surface area contributed by atoms with Gasteiger partial charge in [0.25, 0.3) is 11.8 Å². The normalized spacial score (nSPS) is 24.5. The molecule has 0 bridgehead atoms. The van der Waals surface area contributed by atoms with Crippen LogP contribution in [0.2, 0.25) is 0 Å². The van der Waals surface area contributed by atoms with Gasteiger partial charge in [0.05, 0.1) is 22.2 Å². The summed E-state index contributed by atoms with van der Waals surface area (Å²) in [7, 11) is 0. The number of likely N-dealkylation sites (tertiary alicyclic amines) is 1. The molecule has 3 heterocycles. The van der Waals surface area contributed by atoms with E-state index in [-0.39, 0.29) is 29.6 Å². The monoisotopic (exact) mass is 444 g/mol. The van der Waals surface area contributed by atoms with E-state index < -0.39 is 0 Å². The van der Waals surface area contributed by atoms with Gasteiger partial charge in [-0.3, -0.25) is 19.1 Å². The fourth-order valence-electron chi connectivity index (χ4n) is 6.17. The Bertz CT molecular complexity index is 1240. The first kappa shape index (κ1) is 20.4. The van der Waals surface area contributed by atoms with Gasteiger partial charge in [0.15, 0.2) is 0 Å². The van der Waals surface area contributed by atoms with Crippen LogP contribution in [0.15, 0.2) is 53.3 Å². The van der Waals surface area contributed by atoms with Crippen LogP contribution in [-0.4, -0.2) is 56.3 Å². The zero-order chi connectivity index (χ0) is 22.5. The lowest BCUT2D eigenvalue weighted by atomic mass is 9.88. The fourth-order valence-corrected chi connectivity index (χ4v) is 6.17. The SMILES string of the molecule is O=C1c2ccccc2C(=O)N1C1CCC(N2CCC(n3c(=O)[nH]c4ccccc43)CC2)CC1. The number of aromatic nitrogens is 2. The molecule has 2 fully saturated rings. The Balaban J connectivity index is 1.08. The maximum Gasteiger partial charge on any atom is 0.326 e. The summed E-state index contributed by atoms with van der Waals surface area (Å²) in [6.45, 7) is 1.94. The van der Waals surface area contributed by atoms with Crippen LogP contribution in [0.3, 0.4) is 0 Å². The Morgan fingerprint density at radius 2 is 1.24 bits per heavy atom. The Morgan fingerprint density at radius 1 is 0.667 bits per heavy atom. The molecule has 3 aliphatic rings. The van der Waals surface area contributed by atoms with E-state index in [2.05, 4.69) is 9.88 Å². The summed E-state index contributed by atoms with van der Waals surface area (Å²) in [6.07, 6.45) is 5.63. The van der Waals surface area contributed by atoms with E-state index in [0.717, 1.165) is 62.6 Å². The molecule has 2 aromatic carbocycles. The van der Waals surface area contributed by atoms with Crippen molar-refractivity contribution in [3.63, 3.8) is 0 Å². The van der Waals surface area contributed by atoms with Gasteiger partial charge in [-0.05, 0) is 62.8 Å². The van der Waals surface area contributed by atoms with Crippen LogP contribution in [0, 0.1) is 0 Å². The molecule has 1 saturated carbocycles. The number of imide groups is 1. The Hall–Kier alpha value is -3.19. The lowest BCUT2D eigenvalue weighted by molar-refractivity contribution is 0.0464. The summed E-state index contributed by atoms with van der Waals surface area (Å²) >= 11 is 0. The van der Waals surface area contributed by atoms with Crippen LogP contribution >= 0.6 is 0 Å². The van der Waals surface area contributed by atoms with Gasteiger partial charge >= 0.3 is 5.69 Å². The molecule has 7 heteroatoms. The molecule has 0 spiro atoms. The van der Waals surface area contributed by atoms with Crippen molar-refractivity contribution < 1.29 is 9.59 Å². The highest BCUT2D eigenvalue weighted by Gasteiger charge is 2.41. The van der Waals surface area contributed by atoms with Crippen molar-refractivity contribution in [2.75, 3.05) is 13.1 Å². The third-order valence-electron chi connectivity index (χ3n) is 7.86. The third-order valence-corrected chi connectivity index (χ3v) is 7.86. The molecule has 1 aliphatic carbocycles. The minimum Gasteiger partial charge on any atom is -0.306 e. The summed E-state index contributed by atoms with van der Waals surface area (Å²) < 4.78 is 1.94. The van der Waals surface area contributed by atoms with Crippen LogP contribution in [0.1, 0.15) is 65.3 Å². The van der Waals surface area contributed by atoms with E-state index in [1.165, 1.54) is 4.90 Å². The summed E-state index contributed by atoms with van der Waals surface area (Å²) in [5.41, 5.74) is 2.95.